The van der Waals surface area contributed by atoms with Gasteiger partial charge in [-0.1, -0.05) is 0 Å². The van der Waals surface area contributed by atoms with E-state index in [4.69, 9.17) is 16.8 Å². The molecule has 0 aliphatic heterocycles. The number of rotatable bonds is 4. The first-order valence-corrected chi connectivity index (χ1v) is 2.40. The van der Waals surface area contributed by atoms with Gasteiger partial charge in [0.15, 0.2) is 6.04 Å². The standard InChI is InChI=1S/C3H9N5O2/c4-7-2(3(9)10)1-6-8-5/h1-2,7-8H,4-5H2,(H,9,10). The van der Waals surface area contributed by atoms with Crippen LogP contribution in [0, 0.1) is 0 Å². The van der Waals surface area contributed by atoms with Crippen LogP contribution in [0.4, 0.5) is 0 Å². The molecule has 1 unspecified atom stereocenters. The van der Waals surface area contributed by atoms with Crippen LogP contribution in [0.5, 0.6) is 0 Å². The largest absolute Gasteiger partial charge is 0.480 e. The van der Waals surface area contributed by atoms with E-state index in [2.05, 4.69) is 5.10 Å². The van der Waals surface area contributed by atoms with Gasteiger partial charge in [-0.2, -0.15) is 5.10 Å². The molecule has 0 aliphatic rings. The first-order chi connectivity index (χ1) is 4.72. The molecule has 0 bridgehead atoms. The van der Waals surface area contributed by atoms with E-state index in [-0.39, 0.29) is 0 Å². The SMILES string of the molecule is NNN=CC(NN)C(=O)O. The summed E-state index contributed by atoms with van der Waals surface area (Å²) in [5, 5.41) is 11.5. The Morgan fingerprint density at radius 3 is 2.60 bits per heavy atom. The predicted octanol–water partition coefficient (Wildman–Crippen LogP) is -2.65. The lowest BCUT2D eigenvalue weighted by Gasteiger charge is -2.02. The van der Waals surface area contributed by atoms with Gasteiger partial charge in [0.2, 0.25) is 0 Å². The Kier molecular flexibility index (Phi) is 4.12. The number of carboxylic acid groups (broad SMARTS) is 1. The Morgan fingerprint density at radius 2 is 2.30 bits per heavy atom. The van der Waals surface area contributed by atoms with Gasteiger partial charge >= 0.3 is 5.97 Å². The fourth-order valence-corrected chi connectivity index (χ4v) is 0.296. The molecular formula is C3H9N5O2. The lowest BCUT2D eigenvalue weighted by Crippen LogP contribution is -2.43. The molecule has 7 heteroatoms. The molecule has 0 amide bonds. The van der Waals surface area contributed by atoms with Gasteiger partial charge < -0.3 is 5.11 Å². The topological polar surface area (TPSA) is 126 Å². The lowest BCUT2D eigenvalue weighted by molar-refractivity contribution is -0.137. The normalized spacial score (nSPS) is 13.4. The van der Waals surface area contributed by atoms with Gasteiger partial charge in [0.1, 0.15) is 0 Å². The number of hydrogen-bond donors (Lipinski definition) is 5. The molecule has 0 aromatic heterocycles. The van der Waals surface area contributed by atoms with E-state index in [1.165, 1.54) is 0 Å². The minimum atomic E-state index is -1.12. The van der Waals surface area contributed by atoms with Crippen molar-refractivity contribution in [2.24, 2.45) is 16.8 Å². The van der Waals surface area contributed by atoms with Gasteiger partial charge in [0.25, 0.3) is 0 Å². The Morgan fingerprint density at radius 1 is 1.70 bits per heavy atom. The number of carbonyl (C=O) groups is 1. The van der Waals surface area contributed by atoms with Gasteiger partial charge in [-0.3, -0.25) is 10.6 Å². The van der Waals surface area contributed by atoms with Crippen molar-refractivity contribution in [2.75, 3.05) is 0 Å². The molecule has 0 rings (SSSR count). The van der Waals surface area contributed by atoms with Gasteiger partial charge in [-0.25, -0.2) is 16.8 Å². The summed E-state index contributed by atoms with van der Waals surface area (Å²) in [6.45, 7) is 0. The second kappa shape index (κ2) is 4.68. The van der Waals surface area contributed by atoms with Crippen LogP contribution < -0.4 is 22.6 Å². The molecular weight excluding hydrogens is 138 g/mol. The fraction of sp³-hybridized carbons (Fsp3) is 0.333. The number of nitrogens with one attached hydrogen (secondary N) is 2. The first-order valence-electron chi connectivity index (χ1n) is 2.40. The van der Waals surface area contributed by atoms with Crippen LogP contribution >= 0.6 is 0 Å². The average Bonchev–Trinajstić information content (AvgIpc) is 1.89. The summed E-state index contributed by atoms with van der Waals surface area (Å²) >= 11 is 0. The maximum Gasteiger partial charge on any atom is 0.327 e. The summed E-state index contributed by atoms with van der Waals surface area (Å²) < 4.78 is 0. The number of nitrogens with two attached hydrogens (primary N) is 2. The maximum absolute atomic E-state index is 10.1. The van der Waals surface area contributed by atoms with E-state index in [9.17, 15) is 4.79 Å². The molecule has 1 atom stereocenters. The molecule has 58 valence electrons. The lowest BCUT2D eigenvalue weighted by atomic mass is 10.3. The molecule has 7 nitrogen and oxygen atoms in total. The van der Waals surface area contributed by atoms with Crippen LogP contribution in [-0.4, -0.2) is 23.3 Å². The Balaban J connectivity index is 3.83. The number of nitrogens with zero attached hydrogens (tertiary/aromatic N) is 1. The third kappa shape index (κ3) is 2.97. The second-order valence-corrected chi connectivity index (χ2v) is 1.39. The van der Waals surface area contributed by atoms with Gasteiger partial charge in [-0.05, 0) is 0 Å². The molecule has 7 N–H and O–H groups in total. The summed E-state index contributed by atoms with van der Waals surface area (Å²) in [4.78, 5) is 10.1. The summed E-state index contributed by atoms with van der Waals surface area (Å²) in [5.41, 5.74) is 3.89. The first kappa shape index (κ1) is 8.82. The molecule has 0 aliphatic carbocycles. The van der Waals surface area contributed by atoms with Crippen molar-refractivity contribution in [2.45, 2.75) is 6.04 Å². The van der Waals surface area contributed by atoms with Gasteiger partial charge in [0.05, 0.1) is 6.21 Å². The molecule has 0 saturated carbocycles. The van der Waals surface area contributed by atoms with Crippen LogP contribution in [0.1, 0.15) is 0 Å². The summed E-state index contributed by atoms with van der Waals surface area (Å²) in [6, 6.07) is -1.02. The number of carboxylic acids is 1. The highest BCUT2D eigenvalue weighted by molar-refractivity contribution is 5.92. The summed E-state index contributed by atoms with van der Waals surface area (Å²) in [5.74, 6) is 8.42. The third-order valence-corrected chi connectivity index (χ3v) is 0.744. The quantitative estimate of drug-likeness (QED) is 0.168. The van der Waals surface area contributed by atoms with E-state index in [1.807, 2.05) is 11.0 Å². The molecule has 10 heavy (non-hydrogen) atoms. The molecule has 0 heterocycles. The molecule has 0 aromatic carbocycles. The Bertz CT molecular complexity index is 135. The minimum Gasteiger partial charge on any atom is -0.480 e. The van der Waals surface area contributed by atoms with Crippen LogP contribution in [0.3, 0.4) is 0 Å². The fourth-order valence-electron chi connectivity index (χ4n) is 0.296. The van der Waals surface area contributed by atoms with Crippen molar-refractivity contribution in [3.8, 4) is 0 Å². The van der Waals surface area contributed by atoms with Crippen molar-refractivity contribution in [1.82, 2.24) is 11.0 Å². The van der Waals surface area contributed by atoms with Crippen LogP contribution in [-0.2, 0) is 4.79 Å². The predicted molar refractivity (Wildman–Crippen MR) is 34.6 cm³/mol. The van der Waals surface area contributed by atoms with Crippen LogP contribution in [0.2, 0.25) is 0 Å². The monoisotopic (exact) mass is 147 g/mol. The zero-order valence-corrected chi connectivity index (χ0v) is 5.11. The zero-order chi connectivity index (χ0) is 7.98. The highest BCUT2D eigenvalue weighted by Gasteiger charge is 2.10. The molecule has 0 spiro atoms. The summed E-state index contributed by atoms with van der Waals surface area (Å²) in [6.07, 6.45) is 1.03. The van der Waals surface area contributed by atoms with E-state index in [0.717, 1.165) is 6.21 Å². The van der Waals surface area contributed by atoms with Crippen molar-refractivity contribution in [3.63, 3.8) is 0 Å². The van der Waals surface area contributed by atoms with E-state index >= 15 is 0 Å². The van der Waals surface area contributed by atoms with Gasteiger partial charge in [0, 0.05) is 0 Å². The third-order valence-electron chi connectivity index (χ3n) is 0.744. The number of aliphatic carboxylic acids is 1. The maximum atomic E-state index is 10.1. The molecule has 0 fully saturated rings. The molecule has 0 aromatic rings. The van der Waals surface area contributed by atoms with Crippen LogP contribution in [0.25, 0.3) is 0 Å². The van der Waals surface area contributed by atoms with Crippen molar-refractivity contribution < 1.29 is 9.90 Å². The molecule has 0 saturated heterocycles. The van der Waals surface area contributed by atoms with Crippen molar-refractivity contribution in [3.05, 3.63) is 0 Å². The van der Waals surface area contributed by atoms with Crippen molar-refractivity contribution >= 4 is 12.2 Å². The number of hydrazine groups is 2. The minimum absolute atomic E-state index is 1.02. The Labute approximate surface area is 57.0 Å². The van der Waals surface area contributed by atoms with E-state index in [0.29, 0.717) is 0 Å². The van der Waals surface area contributed by atoms with Crippen LogP contribution in [0.15, 0.2) is 5.10 Å². The second-order valence-electron chi connectivity index (χ2n) is 1.39. The zero-order valence-electron chi connectivity index (χ0n) is 5.11. The van der Waals surface area contributed by atoms with Gasteiger partial charge in [-0.15, -0.1) is 0 Å². The highest BCUT2D eigenvalue weighted by Crippen LogP contribution is 1.73. The smallest absolute Gasteiger partial charge is 0.327 e. The van der Waals surface area contributed by atoms with E-state index in [1.54, 1.807) is 0 Å². The Hall–Kier alpha value is -1.18. The van der Waals surface area contributed by atoms with Crippen molar-refractivity contribution in [1.29, 1.82) is 0 Å². The molecule has 0 radical (unpaired) electrons. The summed E-state index contributed by atoms with van der Waals surface area (Å²) in [7, 11) is 0. The average molecular weight is 147 g/mol. The highest BCUT2D eigenvalue weighted by atomic mass is 16.4. The number of hydrogen-bond acceptors (Lipinski definition) is 6. The van der Waals surface area contributed by atoms with E-state index < -0.39 is 12.0 Å². The number of hydrazone groups is 1.